The predicted molar refractivity (Wildman–Crippen MR) is 60.8 cm³/mol. The first-order valence-corrected chi connectivity index (χ1v) is 5.42. The minimum absolute atomic E-state index is 0.329. The molecule has 86 valence electrons. The molecule has 2 aromatic rings. The molecule has 1 aromatic heterocycles. The van der Waals surface area contributed by atoms with Gasteiger partial charge in [0, 0.05) is 6.54 Å². The molecule has 0 amide bonds. The number of rotatable bonds is 4. The van der Waals surface area contributed by atoms with Crippen LogP contribution >= 0.6 is 11.3 Å². The largest absolute Gasteiger partial charge is 0.493 e. The maximum absolute atomic E-state index is 11.1. The Morgan fingerprint density at radius 3 is 2.94 bits per heavy atom. The van der Waals surface area contributed by atoms with Crippen LogP contribution in [0.4, 0.5) is 0 Å². The maximum Gasteiger partial charge on any atom is 0.396 e. The van der Waals surface area contributed by atoms with Gasteiger partial charge in [-0.05, 0) is 17.7 Å². The molecule has 0 aliphatic heterocycles. The zero-order chi connectivity index (χ0) is 11.5. The Balaban J connectivity index is 2.49. The summed E-state index contributed by atoms with van der Waals surface area (Å²) in [5, 5.41) is 0. The Morgan fingerprint density at radius 2 is 2.25 bits per heavy atom. The van der Waals surface area contributed by atoms with E-state index in [-0.39, 0.29) is 4.94 Å². The van der Waals surface area contributed by atoms with Crippen molar-refractivity contribution in [3.05, 3.63) is 27.4 Å². The Morgan fingerprint density at radius 1 is 1.44 bits per heavy atom. The second-order valence-electron chi connectivity index (χ2n) is 3.10. The summed E-state index contributed by atoms with van der Waals surface area (Å²) in [5.41, 5.74) is 4.19. The van der Waals surface area contributed by atoms with Gasteiger partial charge in [-0.25, -0.2) is 4.79 Å². The topological polar surface area (TPSA) is 60.7 Å². The number of nitrogens with one attached hydrogen (secondary N) is 1. The van der Waals surface area contributed by atoms with Gasteiger partial charge >= 0.3 is 4.94 Å². The number of hydroxylamine groups is 1. The highest BCUT2D eigenvalue weighted by Crippen LogP contribution is 2.29. The van der Waals surface area contributed by atoms with Crippen molar-refractivity contribution < 1.29 is 14.0 Å². The number of methoxy groups -OCH3 is 1. The molecule has 1 heterocycles. The summed E-state index contributed by atoms with van der Waals surface area (Å²) in [6.07, 6.45) is 0. The molecule has 0 saturated heterocycles. The molecule has 1 N–H and O–H groups in total. The number of benzene rings is 1. The minimum atomic E-state index is -0.329. The molecular weight excluding hydrogens is 230 g/mol. The van der Waals surface area contributed by atoms with E-state index >= 15 is 0 Å². The van der Waals surface area contributed by atoms with Crippen molar-refractivity contribution in [1.82, 2.24) is 5.48 Å². The highest BCUT2D eigenvalue weighted by Gasteiger charge is 2.10. The highest BCUT2D eigenvalue weighted by atomic mass is 32.1. The molecule has 0 fully saturated rings. The molecule has 0 saturated carbocycles. The lowest BCUT2D eigenvalue weighted by molar-refractivity contribution is 0.0867. The van der Waals surface area contributed by atoms with Crippen LogP contribution in [0.25, 0.3) is 10.3 Å². The SMILES string of the molecule is CONCc1cc(OC)c2oc(=O)sc2c1. The molecule has 0 spiro atoms. The molecule has 6 heteroatoms. The van der Waals surface area contributed by atoms with E-state index in [1.807, 2.05) is 12.1 Å². The fraction of sp³-hybridized carbons (Fsp3) is 0.300. The van der Waals surface area contributed by atoms with Gasteiger partial charge in [0.2, 0.25) is 0 Å². The third-order valence-corrected chi connectivity index (χ3v) is 2.87. The van der Waals surface area contributed by atoms with Crippen molar-refractivity contribution in [3.63, 3.8) is 0 Å². The van der Waals surface area contributed by atoms with Crippen LogP contribution in [-0.4, -0.2) is 14.2 Å². The summed E-state index contributed by atoms with van der Waals surface area (Å²) in [5.74, 6) is 0.559. The summed E-state index contributed by atoms with van der Waals surface area (Å²) in [4.78, 5) is 15.6. The van der Waals surface area contributed by atoms with Crippen molar-refractivity contribution in [1.29, 1.82) is 0 Å². The van der Waals surface area contributed by atoms with Gasteiger partial charge in [0.25, 0.3) is 0 Å². The van der Waals surface area contributed by atoms with Gasteiger partial charge in [0.15, 0.2) is 11.3 Å². The van der Waals surface area contributed by atoms with Crippen LogP contribution in [0.1, 0.15) is 5.56 Å². The first-order chi connectivity index (χ1) is 7.74. The van der Waals surface area contributed by atoms with Crippen LogP contribution < -0.4 is 15.2 Å². The van der Waals surface area contributed by atoms with Crippen LogP contribution in [0.3, 0.4) is 0 Å². The second kappa shape index (κ2) is 4.65. The highest BCUT2D eigenvalue weighted by molar-refractivity contribution is 7.16. The van der Waals surface area contributed by atoms with Gasteiger partial charge in [0.05, 0.1) is 18.9 Å². The van der Waals surface area contributed by atoms with E-state index in [1.54, 1.807) is 14.2 Å². The van der Waals surface area contributed by atoms with Gasteiger partial charge in [-0.3, -0.25) is 0 Å². The molecule has 0 atom stereocenters. The number of fused-ring (bicyclic) bond motifs is 1. The summed E-state index contributed by atoms with van der Waals surface area (Å²) in [7, 11) is 3.09. The van der Waals surface area contributed by atoms with Crippen LogP contribution in [-0.2, 0) is 11.4 Å². The van der Waals surface area contributed by atoms with E-state index in [1.165, 1.54) is 0 Å². The summed E-state index contributed by atoms with van der Waals surface area (Å²) >= 11 is 1.06. The molecule has 16 heavy (non-hydrogen) atoms. The Bertz CT molecular complexity index is 545. The minimum Gasteiger partial charge on any atom is -0.493 e. The lowest BCUT2D eigenvalue weighted by Crippen LogP contribution is -2.10. The molecule has 1 aromatic carbocycles. The van der Waals surface area contributed by atoms with Crippen molar-refractivity contribution in [2.24, 2.45) is 0 Å². The van der Waals surface area contributed by atoms with Gasteiger partial charge in [-0.15, -0.1) is 0 Å². The van der Waals surface area contributed by atoms with Crippen molar-refractivity contribution in [3.8, 4) is 5.75 Å². The number of ether oxygens (including phenoxy) is 1. The number of hydrogen-bond acceptors (Lipinski definition) is 6. The Hall–Kier alpha value is -1.37. The molecule has 2 rings (SSSR count). The fourth-order valence-corrected chi connectivity index (χ4v) is 2.16. The standard InChI is InChI=1S/C10H11NO4S/c1-13-7-3-6(5-11-14-2)4-8-9(7)15-10(12)16-8/h3-4,11H,5H2,1-2H3. The average Bonchev–Trinajstić information content (AvgIpc) is 2.65. The molecule has 0 bridgehead atoms. The van der Waals surface area contributed by atoms with E-state index in [0.29, 0.717) is 17.9 Å². The zero-order valence-electron chi connectivity index (χ0n) is 8.90. The first-order valence-electron chi connectivity index (χ1n) is 4.61. The normalized spacial score (nSPS) is 10.9. The molecule has 0 aliphatic rings. The van der Waals surface area contributed by atoms with Crippen LogP contribution in [0.15, 0.2) is 21.3 Å². The van der Waals surface area contributed by atoms with E-state index in [0.717, 1.165) is 21.6 Å². The van der Waals surface area contributed by atoms with Crippen LogP contribution in [0, 0.1) is 0 Å². The summed E-state index contributed by atoms with van der Waals surface area (Å²) in [6, 6.07) is 3.68. The Labute approximate surface area is 95.5 Å². The monoisotopic (exact) mass is 241 g/mol. The van der Waals surface area contributed by atoms with E-state index < -0.39 is 0 Å². The van der Waals surface area contributed by atoms with Crippen LogP contribution in [0.2, 0.25) is 0 Å². The number of hydrogen-bond donors (Lipinski definition) is 1. The third kappa shape index (κ3) is 2.08. The van der Waals surface area contributed by atoms with Crippen molar-refractivity contribution >= 4 is 21.6 Å². The fourth-order valence-electron chi connectivity index (χ4n) is 1.41. The summed E-state index contributed by atoms with van der Waals surface area (Å²) < 4.78 is 11.0. The molecule has 0 aliphatic carbocycles. The van der Waals surface area contributed by atoms with Crippen LogP contribution in [0.5, 0.6) is 5.75 Å². The van der Waals surface area contributed by atoms with Gasteiger partial charge < -0.3 is 14.0 Å². The maximum atomic E-state index is 11.1. The van der Waals surface area contributed by atoms with E-state index in [4.69, 9.17) is 14.0 Å². The lowest BCUT2D eigenvalue weighted by Gasteiger charge is -2.05. The molecule has 5 nitrogen and oxygen atoms in total. The second-order valence-corrected chi connectivity index (χ2v) is 4.08. The average molecular weight is 241 g/mol. The van der Waals surface area contributed by atoms with Crippen molar-refractivity contribution in [2.45, 2.75) is 6.54 Å². The van der Waals surface area contributed by atoms with Crippen molar-refractivity contribution in [2.75, 3.05) is 14.2 Å². The summed E-state index contributed by atoms with van der Waals surface area (Å²) in [6.45, 7) is 0.537. The molecule has 0 unspecified atom stereocenters. The molecular formula is C10H11NO4S. The Kier molecular flexibility index (Phi) is 3.23. The third-order valence-electron chi connectivity index (χ3n) is 2.10. The smallest absolute Gasteiger partial charge is 0.396 e. The van der Waals surface area contributed by atoms with Gasteiger partial charge in [-0.1, -0.05) is 11.3 Å². The predicted octanol–water partition coefficient (Wildman–Crippen LogP) is 1.51. The van der Waals surface area contributed by atoms with E-state index in [2.05, 4.69) is 5.48 Å². The molecule has 0 radical (unpaired) electrons. The van der Waals surface area contributed by atoms with E-state index in [9.17, 15) is 4.79 Å². The quantitative estimate of drug-likeness (QED) is 0.822. The first kappa shape index (κ1) is 11.1. The lowest BCUT2D eigenvalue weighted by atomic mass is 10.2. The zero-order valence-corrected chi connectivity index (χ0v) is 9.72. The van der Waals surface area contributed by atoms with Gasteiger partial charge in [0.1, 0.15) is 0 Å². The van der Waals surface area contributed by atoms with Gasteiger partial charge in [-0.2, -0.15) is 5.48 Å².